The van der Waals surface area contributed by atoms with E-state index in [0.29, 0.717) is 12.5 Å². The van der Waals surface area contributed by atoms with Crippen LogP contribution in [0.15, 0.2) is 0 Å². The fourth-order valence-electron chi connectivity index (χ4n) is 1.06. The van der Waals surface area contributed by atoms with Crippen LogP contribution >= 0.6 is 0 Å². The molecular formula is C9H18NO. The second-order valence-electron chi connectivity index (χ2n) is 2.93. The standard InChI is InChI=1S/C9H18NO/c1-5-7-10(8(3)4)9(11)6-2/h8H,2,5-7H2,1,3-4H3. The monoisotopic (exact) mass is 156 g/mol. The summed E-state index contributed by atoms with van der Waals surface area (Å²) in [5, 5.41) is 0. The van der Waals surface area contributed by atoms with Gasteiger partial charge in [-0.25, -0.2) is 0 Å². The van der Waals surface area contributed by atoms with E-state index in [-0.39, 0.29) is 5.91 Å². The minimum absolute atomic E-state index is 0.154. The van der Waals surface area contributed by atoms with Crippen LogP contribution in [0.5, 0.6) is 0 Å². The summed E-state index contributed by atoms with van der Waals surface area (Å²) in [5.41, 5.74) is 0. The lowest BCUT2D eigenvalue weighted by molar-refractivity contribution is -0.132. The maximum Gasteiger partial charge on any atom is 0.222 e. The van der Waals surface area contributed by atoms with E-state index >= 15 is 0 Å². The fourth-order valence-corrected chi connectivity index (χ4v) is 1.06. The molecule has 0 unspecified atom stereocenters. The molecule has 0 N–H and O–H groups in total. The van der Waals surface area contributed by atoms with Gasteiger partial charge in [0.2, 0.25) is 5.91 Å². The van der Waals surface area contributed by atoms with Crippen LogP contribution in [0.3, 0.4) is 0 Å². The van der Waals surface area contributed by atoms with Gasteiger partial charge >= 0.3 is 0 Å². The van der Waals surface area contributed by atoms with Crippen molar-refractivity contribution < 1.29 is 4.79 Å². The average molecular weight is 156 g/mol. The summed E-state index contributed by atoms with van der Waals surface area (Å²) >= 11 is 0. The van der Waals surface area contributed by atoms with Gasteiger partial charge in [0.25, 0.3) is 0 Å². The van der Waals surface area contributed by atoms with Crippen molar-refractivity contribution in [1.29, 1.82) is 0 Å². The normalized spacial score (nSPS) is 10.3. The van der Waals surface area contributed by atoms with Crippen LogP contribution in [-0.2, 0) is 4.79 Å². The molecule has 0 saturated heterocycles. The predicted molar refractivity (Wildman–Crippen MR) is 47.1 cm³/mol. The molecule has 0 spiro atoms. The van der Waals surface area contributed by atoms with Gasteiger partial charge in [-0.2, -0.15) is 0 Å². The SMILES string of the molecule is [CH2]CC(=O)N(CCC)C(C)C. The van der Waals surface area contributed by atoms with E-state index in [1.54, 1.807) is 0 Å². The Morgan fingerprint density at radius 1 is 1.55 bits per heavy atom. The van der Waals surface area contributed by atoms with Crippen molar-refractivity contribution >= 4 is 5.91 Å². The van der Waals surface area contributed by atoms with Crippen LogP contribution < -0.4 is 0 Å². The van der Waals surface area contributed by atoms with E-state index in [9.17, 15) is 4.79 Å². The molecule has 0 aliphatic rings. The van der Waals surface area contributed by atoms with E-state index in [1.807, 2.05) is 18.7 Å². The third-order valence-corrected chi connectivity index (χ3v) is 1.62. The van der Waals surface area contributed by atoms with Gasteiger partial charge in [0, 0.05) is 19.0 Å². The summed E-state index contributed by atoms with van der Waals surface area (Å²) in [5.74, 6) is 0.154. The number of hydrogen-bond acceptors (Lipinski definition) is 1. The van der Waals surface area contributed by atoms with Crippen LogP contribution in [0.4, 0.5) is 0 Å². The van der Waals surface area contributed by atoms with Crippen molar-refractivity contribution in [1.82, 2.24) is 4.90 Å². The Bertz CT molecular complexity index is 121. The van der Waals surface area contributed by atoms with E-state index in [4.69, 9.17) is 0 Å². The third kappa shape index (κ3) is 3.40. The van der Waals surface area contributed by atoms with Gasteiger partial charge in [0.05, 0.1) is 0 Å². The zero-order chi connectivity index (χ0) is 8.85. The van der Waals surface area contributed by atoms with Gasteiger partial charge in [-0.15, -0.1) is 0 Å². The van der Waals surface area contributed by atoms with Crippen LogP contribution in [0.25, 0.3) is 0 Å². The Labute approximate surface area is 69.6 Å². The minimum Gasteiger partial charge on any atom is -0.340 e. The second kappa shape index (κ2) is 5.16. The Morgan fingerprint density at radius 2 is 2.09 bits per heavy atom. The van der Waals surface area contributed by atoms with Crippen molar-refractivity contribution in [2.45, 2.75) is 39.7 Å². The van der Waals surface area contributed by atoms with Crippen LogP contribution in [0.2, 0.25) is 0 Å². The molecule has 2 nitrogen and oxygen atoms in total. The number of carbonyl (C=O) groups is 1. The molecule has 0 atom stereocenters. The van der Waals surface area contributed by atoms with Crippen LogP contribution in [0.1, 0.15) is 33.6 Å². The van der Waals surface area contributed by atoms with Crippen molar-refractivity contribution in [3.05, 3.63) is 6.92 Å². The van der Waals surface area contributed by atoms with E-state index < -0.39 is 0 Å². The van der Waals surface area contributed by atoms with Crippen LogP contribution in [0, 0.1) is 6.92 Å². The topological polar surface area (TPSA) is 20.3 Å². The summed E-state index contributed by atoms with van der Waals surface area (Å²) in [6.45, 7) is 10.6. The minimum atomic E-state index is 0.154. The lowest BCUT2D eigenvalue weighted by Crippen LogP contribution is -2.36. The maximum absolute atomic E-state index is 11.2. The molecule has 2 heteroatoms. The zero-order valence-electron chi connectivity index (χ0n) is 7.76. The third-order valence-electron chi connectivity index (χ3n) is 1.62. The fraction of sp³-hybridized carbons (Fsp3) is 0.778. The average Bonchev–Trinajstić information content (AvgIpc) is 1.98. The molecule has 0 aliphatic carbocycles. The van der Waals surface area contributed by atoms with Gasteiger partial charge in [0.1, 0.15) is 0 Å². The largest absolute Gasteiger partial charge is 0.340 e. The molecule has 1 amide bonds. The zero-order valence-corrected chi connectivity index (χ0v) is 7.76. The first kappa shape index (κ1) is 10.5. The Morgan fingerprint density at radius 3 is 2.36 bits per heavy atom. The number of hydrogen-bond donors (Lipinski definition) is 0. The van der Waals surface area contributed by atoms with Crippen LogP contribution in [-0.4, -0.2) is 23.4 Å². The van der Waals surface area contributed by atoms with Gasteiger partial charge < -0.3 is 4.90 Å². The second-order valence-corrected chi connectivity index (χ2v) is 2.93. The smallest absolute Gasteiger partial charge is 0.222 e. The quantitative estimate of drug-likeness (QED) is 0.608. The van der Waals surface area contributed by atoms with E-state index in [2.05, 4.69) is 13.8 Å². The molecule has 11 heavy (non-hydrogen) atoms. The molecule has 0 aromatic rings. The Kier molecular flexibility index (Phi) is 4.92. The highest BCUT2D eigenvalue weighted by Crippen LogP contribution is 2.01. The lowest BCUT2D eigenvalue weighted by Gasteiger charge is -2.25. The van der Waals surface area contributed by atoms with Crippen molar-refractivity contribution in [2.75, 3.05) is 6.54 Å². The highest BCUT2D eigenvalue weighted by Gasteiger charge is 2.12. The van der Waals surface area contributed by atoms with Gasteiger partial charge in [-0.05, 0) is 27.2 Å². The molecular weight excluding hydrogens is 138 g/mol. The molecule has 0 heterocycles. The number of amides is 1. The van der Waals surface area contributed by atoms with Crippen molar-refractivity contribution in [2.24, 2.45) is 0 Å². The molecule has 1 radical (unpaired) electrons. The molecule has 65 valence electrons. The highest BCUT2D eigenvalue weighted by atomic mass is 16.2. The molecule has 0 aromatic carbocycles. The summed E-state index contributed by atoms with van der Waals surface area (Å²) < 4.78 is 0. The number of carbonyl (C=O) groups excluding carboxylic acids is 1. The molecule has 0 bridgehead atoms. The maximum atomic E-state index is 11.2. The summed E-state index contributed by atoms with van der Waals surface area (Å²) in [6, 6.07) is 0.309. The highest BCUT2D eigenvalue weighted by molar-refractivity contribution is 5.76. The predicted octanol–water partition coefficient (Wildman–Crippen LogP) is 1.86. The summed E-state index contributed by atoms with van der Waals surface area (Å²) in [4.78, 5) is 13.1. The first-order valence-electron chi connectivity index (χ1n) is 4.22. The summed E-state index contributed by atoms with van der Waals surface area (Å²) in [7, 11) is 0. The molecule has 0 fully saturated rings. The lowest BCUT2D eigenvalue weighted by atomic mass is 10.2. The first-order chi connectivity index (χ1) is 5.13. The van der Waals surface area contributed by atoms with Crippen molar-refractivity contribution in [3.8, 4) is 0 Å². The molecule has 0 aromatic heterocycles. The molecule has 0 aliphatic heterocycles. The number of nitrogens with zero attached hydrogens (tertiary/aromatic N) is 1. The first-order valence-corrected chi connectivity index (χ1v) is 4.22. The molecule has 0 rings (SSSR count). The van der Waals surface area contributed by atoms with E-state index in [0.717, 1.165) is 13.0 Å². The summed E-state index contributed by atoms with van der Waals surface area (Å²) in [6.07, 6.45) is 1.39. The van der Waals surface area contributed by atoms with Gasteiger partial charge in [-0.3, -0.25) is 4.79 Å². The van der Waals surface area contributed by atoms with Gasteiger partial charge in [0.15, 0.2) is 0 Å². The number of rotatable bonds is 4. The van der Waals surface area contributed by atoms with Gasteiger partial charge in [-0.1, -0.05) is 6.92 Å². The molecule has 0 saturated carbocycles. The Balaban J connectivity index is 3.98. The van der Waals surface area contributed by atoms with Crippen molar-refractivity contribution in [3.63, 3.8) is 0 Å². The van der Waals surface area contributed by atoms with E-state index in [1.165, 1.54) is 0 Å². The Hall–Kier alpha value is -0.530.